The summed E-state index contributed by atoms with van der Waals surface area (Å²) < 4.78 is 15.7. The van der Waals surface area contributed by atoms with Gasteiger partial charge in [-0.1, -0.05) is 18.2 Å². The number of likely N-dealkylation sites (tertiary alicyclic amines) is 2. The number of carbonyl (C=O) groups is 4. The molecule has 2 aromatic heterocycles. The molecule has 0 radical (unpaired) electrons. The number of alkyl carbamates (subject to hydrolysis) is 2. The molecule has 0 aliphatic carbocycles. The molecular weight excluding hydrogens is 704 g/mol. The summed E-state index contributed by atoms with van der Waals surface area (Å²) in [5, 5.41) is 7.12. The molecule has 55 heavy (non-hydrogen) atoms. The smallest absolute Gasteiger partial charge is 0.407 e. The topological polar surface area (TPSA) is 184 Å². The Hall–Kier alpha value is -6.12. The number of amides is 4. The predicted molar refractivity (Wildman–Crippen MR) is 203 cm³/mol. The number of nitrogens with zero attached hydrogens (tertiary/aromatic N) is 4. The van der Waals surface area contributed by atoms with Gasteiger partial charge in [-0.05, 0) is 92.8 Å². The van der Waals surface area contributed by atoms with Gasteiger partial charge in [0.1, 0.15) is 36.1 Å². The quantitative estimate of drug-likeness (QED) is 0.158. The van der Waals surface area contributed by atoms with E-state index in [2.05, 4.69) is 60.4 Å². The van der Waals surface area contributed by atoms with E-state index in [0.717, 1.165) is 81.2 Å². The highest BCUT2D eigenvalue weighted by Crippen LogP contribution is 2.43. The minimum Gasteiger partial charge on any atom is -0.488 e. The number of nitrogens with one attached hydrogen (secondary N) is 4. The van der Waals surface area contributed by atoms with E-state index in [1.807, 2.05) is 19.1 Å². The van der Waals surface area contributed by atoms with Gasteiger partial charge in [0.25, 0.3) is 0 Å². The second-order valence-electron chi connectivity index (χ2n) is 14.6. The number of carbonyl (C=O) groups excluding carboxylic acids is 4. The fraction of sp³-hybridized carbons (Fsp3) is 0.400. The Kier molecular flexibility index (Phi) is 9.31. The van der Waals surface area contributed by atoms with Crippen molar-refractivity contribution in [3.8, 4) is 28.1 Å². The summed E-state index contributed by atoms with van der Waals surface area (Å²) >= 11 is 0. The minimum absolute atomic E-state index is 0.00317. The second kappa shape index (κ2) is 14.3. The molecule has 0 saturated carbocycles. The Bertz CT molecular complexity index is 2330. The number of aromatic amines is 2. The van der Waals surface area contributed by atoms with E-state index in [4.69, 9.17) is 14.7 Å². The second-order valence-corrected chi connectivity index (χ2v) is 14.6. The number of hydrogen-bond donors (Lipinski definition) is 4. The maximum atomic E-state index is 13.4. The van der Waals surface area contributed by atoms with Gasteiger partial charge in [0.05, 0.1) is 49.2 Å². The summed E-state index contributed by atoms with van der Waals surface area (Å²) in [5.74, 6) is 1.82. The average molecular weight is 749 g/mol. The largest absolute Gasteiger partial charge is 0.488 e. The molecule has 3 aliphatic rings. The van der Waals surface area contributed by atoms with E-state index in [1.165, 1.54) is 14.2 Å². The Morgan fingerprint density at radius 1 is 0.873 bits per heavy atom. The Labute approximate surface area is 317 Å². The van der Waals surface area contributed by atoms with Crippen molar-refractivity contribution in [3.63, 3.8) is 0 Å². The van der Waals surface area contributed by atoms with Gasteiger partial charge in [0.15, 0.2) is 0 Å². The van der Waals surface area contributed by atoms with Gasteiger partial charge in [0.2, 0.25) is 11.8 Å². The molecule has 286 valence electrons. The Balaban J connectivity index is 1.03. The molecule has 4 N–H and O–H groups in total. The van der Waals surface area contributed by atoms with Crippen molar-refractivity contribution in [3.05, 3.63) is 65.9 Å². The molecule has 3 aliphatic heterocycles. The fourth-order valence-electron chi connectivity index (χ4n) is 8.29. The standard InChI is InChI=1S/C40H44N8O7/c1-20-8-13-32(48(20)38(50)22(3)43-40(52)54-5)35-41-18-30(45-35)24-9-11-26-25(15-24)19-55-33-17-27-23(16-28(26)33)10-12-29-34(27)46-36(44-29)31-7-6-14-47(31)37(49)21(2)42-39(51)53-4/h9-12,15-18,20-22,31-32H,6-8,13-14,19H2,1-5H3,(H,41,45)(H,42,51)(H,43,52)(H,44,46). The number of H-pyrrole nitrogens is 2. The number of ether oxygens (including phenoxy) is 3. The number of aromatic nitrogens is 4. The lowest BCUT2D eigenvalue weighted by molar-refractivity contribution is -0.136. The van der Waals surface area contributed by atoms with Crippen LogP contribution in [0.1, 0.15) is 75.8 Å². The summed E-state index contributed by atoms with van der Waals surface area (Å²) in [7, 11) is 2.54. The van der Waals surface area contributed by atoms with Crippen LogP contribution in [0.25, 0.3) is 44.2 Å². The summed E-state index contributed by atoms with van der Waals surface area (Å²) in [6, 6.07) is 12.6. The summed E-state index contributed by atoms with van der Waals surface area (Å²) in [6.45, 7) is 6.29. The first-order chi connectivity index (χ1) is 26.5. The van der Waals surface area contributed by atoms with Crippen LogP contribution in [0.3, 0.4) is 0 Å². The molecule has 0 spiro atoms. The van der Waals surface area contributed by atoms with E-state index >= 15 is 0 Å². The summed E-state index contributed by atoms with van der Waals surface area (Å²) in [4.78, 5) is 70.4. The molecule has 0 bridgehead atoms. The molecule has 2 saturated heterocycles. The first-order valence-corrected chi connectivity index (χ1v) is 18.6. The van der Waals surface area contributed by atoms with Crippen molar-refractivity contribution in [1.82, 2.24) is 40.4 Å². The van der Waals surface area contributed by atoms with Crippen LogP contribution in [-0.4, -0.2) is 92.6 Å². The number of benzene rings is 3. The van der Waals surface area contributed by atoms with E-state index in [9.17, 15) is 19.2 Å². The molecule has 15 heteroatoms. The highest BCUT2D eigenvalue weighted by Gasteiger charge is 2.39. The van der Waals surface area contributed by atoms with Gasteiger partial charge in [-0.25, -0.2) is 19.6 Å². The molecule has 4 amide bonds. The van der Waals surface area contributed by atoms with Gasteiger partial charge >= 0.3 is 12.2 Å². The highest BCUT2D eigenvalue weighted by atomic mass is 16.5. The molecule has 5 atom stereocenters. The van der Waals surface area contributed by atoms with Crippen molar-refractivity contribution in [2.24, 2.45) is 0 Å². The third kappa shape index (κ3) is 6.46. The van der Waals surface area contributed by atoms with Crippen LogP contribution in [0.5, 0.6) is 5.75 Å². The van der Waals surface area contributed by atoms with Crippen molar-refractivity contribution >= 4 is 45.8 Å². The van der Waals surface area contributed by atoms with Crippen molar-refractivity contribution in [1.29, 1.82) is 0 Å². The number of hydrogen-bond acceptors (Lipinski definition) is 9. The fourth-order valence-corrected chi connectivity index (χ4v) is 8.29. The van der Waals surface area contributed by atoms with Crippen LogP contribution in [0.4, 0.5) is 9.59 Å². The van der Waals surface area contributed by atoms with Crippen LogP contribution in [0.2, 0.25) is 0 Å². The zero-order valence-corrected chi connectivity index (χ0v) is 31.4. The third-order valence-electron chi connectivity index (χ3n) is 11.1. The van der Waals surface area contributed by atoms with Crippen LogP contribution >= 0.6 is 0 Å². The Morgan fingerprint density at radius 2 is 1.64 bits per heavy atom. The predicted octanol–water partition coefficient (Wildman–Crippen LogP) is 5.87. The average Bonchev–Trinajstić information content (AvgIpc) is 4.02. The maximum absolute atomic E-state index is 13.4. The van der Waals surface area contributed by atoms with Crippen LogP contribution in [0.15, 0.2) is 48.7 Å². The van der Waals surface area contributed by atoms with Crippen molar-refractivity contribution < 1.29 is 33.4 Å². The van der Waals surface area contributed by atoms with Gasteiger partial charge < -0.3 is 44.6 Å². The zero-order chi connectivity index (χ0) is 38.5. The normalized spacial score (nSPS) is 20.1. The lowest BCUT2D eigenvalue weighted by Crippen LogP contribution is -2.48. The molecule has 5 aromatic rings. The van der Waals surface area contributed by atoms with Gasteiger partial charge in [-0.15, -0.1) is 0 Å². The first kappa shape index (κ1) is 35.9. The molecular formula is C40H44N8O7. The van der Waals surface area contributed by atoms with Gasteiger partial charge in [0, 0.05) is 23.5 Å². The van der Waals surface area contributed by atoms with Gasteiger partial charge in [-0.2, -0.15) is 0 Å². The Morgan fingerprint density at radius 3 is 2.40 bits per heavy atom. The van der Waals surface area contributed by atoms with E-state index < -0.39 is 24.3 Å². The monoisotopic (exact) mass is 748 g/mol. The van der Waals surface area contributed by atoms with Crippen molar-refractivity contribution in [2.45, 2.75) is 83.3 Å². The number of methoxy groups -OCH3 is 2. The zero-order valence-electron chi connectivity index (χ0n) is 31.4. The third-order valence-corrected chi connectivity index (χ3v) is 11.1. The molecule has 15 nitrogen and oxygen atoms in total. The van der Waals surface area contributed by atoms with Gasteiger partial charge in [-0.3, -0.25) is 9.59 Å². The van der Waals surface area contributed by atoms with Crippen LogP contribution in [-0.2, 0) is 25.7 Å². The summed E-state index contributed by atoms with van der Waals surface area (Å²) in [6.07, 6.45) is 3.69. The number of imidazole rings is 2. The summed E-state index contributed by atoms with van der Waals surface area (Å²) in [5.41, 5.74) is 6.58. The number of fused-ring (bicyclic) bond motifs is 6. The highest BCUT2D eigenvalue weighted by molar-refractivity contribution is 6.07. The van der Waals surface area contributed by atoms with E-state index in [0.29, 0.717) is 24.8 Å². The van der Waals surface area contributed by atoms with E-state index in [-0.39, 0.29) is 29.9 Å². The van der Waals surface area contributed by atoms with Crippen LogP contribution in [0, 0.1) is 0 Å². The SMILES string of the molecule is COC(=O)NC(C)C(=O)N1CCCC1c1nc2c(ccc3cc4c(cc32)OCc2cc(-c3cnc(C5CCC(C)N5C(=O)C(C)NC(=O)OC)[nH]3)ccc2-4)[nH]1. The first-order valence-electron chi connectivity index (χ1n) is 18.6. The number of rotatable bonds is 7. The molecule has 5 unspecified atom stereocenters. The maximum Gasteiger partial charge on any atom is 0.407 e. The molecule has 8 rings (SSSR count). The minimum atomic E-state index is -0.735. The molecule has 5 heterocycles. The lowest BCUT2D eigenvalue weighted by Gasteiger charge is -2.30. The van der Waals surface area contributed by atoms with E-state index in [1.54, 1.807) is 29.8 Å². The molecule has 3 aromatic carbocycles. The van der Waals surface area contributed by atoms with Crippen LogP contribution < -0.4 is 15.4 Å². The molecule has 2 fully saturated rings. The lowest BCUT2D eigenvalue weighted by atomic mass is 9.92. The van der Waals surface area contributed by atoms with Crippen molar-refractivity contribution in [2.75, 3.05) is 20.8 Å².